The Labute approximate surface area is 182 Å². The summed E-state index contributed by atoms with van der Waals surface area (Å²) in [6.45, 7) is 19.1. The van der Waals surface area contributed by atoms with E-state index in [0.29, 0.717) is 12.3 Å². The SMILES string of the molecule is Cc1c(C)c2c(c(C)c1NC(=O)CC(C)(C)C)[C@H](c1ccc(C(C)C)cc1)[C@@H](C)O2. The number of hydrogen-bond donors (Lipinski definition) is 1. The molecule has 3 heteroatoms. The molecule has 1 heterocycles. The van der Waals surface area contributed by atoms with Gasteiger partial charge in [-0.1, -0.05) is 58.9 Å². The van der Waals surface area contributed by atoms with Crippen molar-refractivity contribution in [2.24, 2.45) is 5.41 Å². The van der Waals surface area contributed by atoms with Gasteiger partial charge in [0.2, 0.25) is 5.91 Å². The zero-order chi connectivity index (χ0) is 22.4. The number of ether oxygens (including phenoxy) is 1. The fourth-order valence-electron chi connectivity index (χ4n) is 4.54. The standard InChI is InChI=1S/C27H37NO2/c1-15(2)20-10-12-21(13-11-20)24-19(6)30-26-17(4)16(3)25(18(5)23(24)26)28-22(29)14-27(7,8)9/h10-13,15,19,24H,14H2,1-9H3,(H,28,29)/t19-,24+/m1/s1. The lowest BCUT2D eigenvalue weighted by Crippen LogP contribution is -2.21. The maximum absolute atomic E-state index is 12.7. The summed E-state index contributed by atoms with van der Waals surface area (Å²) in [5, 5.41) is 3.22. The van der Waals surface area contributed by atoms with Gasteiger partial charge >= 0.3 is 0 Å². The molecule has 1 aliphatic rings. The summed E-state index contributed by atoms with van der Waals surface area (Å²) in [5.41, 5.74) is 8.07. The average Bonchev–Trinajstić information content (AvgIpc) is 2.99. The largest absolute Gasteiger partial charge is 0.489 e. The first-order valence-electron chi connectivity index (χ1n) is 11.1. The topological polar surface area (TPSA) is 38.3 Å². The van der Waals surface area contributed by atoms with E-state index in [0.717, 1.165) is 28.1 Å². The number of rotatable bonds is 4. The molecule has 30 heavy (non-hydrogen) atoms. The van der Waals surface area contributed by atoms with Crippen LogP contribution in [0.25, 0.3) is 0 Å². The fourth-order valence-corrected chi connectivity index (χ4v) is 4.54. The molecule has 0 aliphatic carbocycles. The van der Waals surface area contributed by atoms with Crippen molar-refractivity contribution in [2.45, 2.75) is 86.7 Å². The molecule has 0 saturated carbocycles. The van der Waals surface area contributed by atoms with E-state index in [1.54, 1.807) is 0 Å². The normalized spacial score (nSPS) is 18.3. The van der Waals surface area contributed by atoms with Crippen LogP contribution < -0.4 is 10.1 Å². The van der Waals surface area contributed by atoms with Crippen molar-refractivity contribution in [1.82, 2.24) is 0 Å². The molecule has 0 unspecified atom stereocenters. The number of carbonyl (C=O) groups is 1. The van der Waals surface area contributed by atoms with Gasteiger partial charge in [0.25, 0.3) is 0 Å². The van der Waals surface area contributed by atoms with E-state index in [1.807, 2.05) is 0 Å². The first kappa shape index (κ1) is 22.4. The number of nitrogens with one attached hydrogen (secondary N) is 1. The van der Waals surface area contributed by atoms with Crippen LogP contribution in [0.2, 0.25) is 0 Å². The van der Waals surface area contributed by atoms with Crippen LogP contribution in [-0.4, -0.2) is 12.0 Å². The van der Waals surface area contributed by atoms with Crippen LogP contribution in [0.15, 0.2) is 24.3 Å². The molecule has 0 saturated heterocycles. The minimum absolute atomic E-state index is 0.0456. The van der Waals surface area contributed by atoms with Crippen LogP contribution in [0.4, 0.5) is 5.69 Å². The predicted molar refractivity (Wildman–Crippen MR) is 126 cm³/mol. The highest BCUT2D eigenvalue weighted by molar-refractivity contribution is 5.93. The van der Waals surface area contributed by atoms with Crippen molar-refractivity contribution in [3.63, 3.8) is 0 Å². The Balaban J connectivity index is 2.06. The monoisotopic (exact) mass is 407 g/mol. The lowest BCUT2D eigenvalue weighted by molar-refractivity contribution is -0.117. The Morgan fingerprint density at radius 2 is 1.63 bits per heavy atom. The summed E-state index contributed by atoms with van der Waals surface area (Å²) in [7, 11) is 0. The third-order valence-corrected chi connectivity index (χ3v) is 6.30. The van der Waals surface area contributed by atoms with Gasteiger partial charge in [-0.2, -0.15) is 0 Å². The molecule has 0 aromatic heterocycles. The van der Waals surface area contributed by atoms with Gasteiger partial charge in [0, 0.05) is 23.6 Å². The minimum atomic E-state index is -0.0456. The summed E-state index contributed by atoms with van der Waals surface area (Å²) < 4.78 is 6.37. The van der Waals surface area contributed by atoms with Gasteiger partial charge in [-0.3, -0.25) is 4.79 Å². The van der Waals surface area contributed by atoms with Crippen molar-refractivity contribution in [2.75, 3.05) is 5.32 Å². The third kappa shape index (κ3) is 4.26. The van der Waals surface area contributed by atoms with Gasteiger partial charge in [-0.25, -0.2) is 0 Å². The highest BCUT2D eigenvalue weighted by atomic mass is 16.5. The van der Waals surface area contributed by atoms with Gasteiger partial charge in [0.1, 0.15) is 11.9 Å². The minimum Gasteiger partial charge on any atom is -0.489 e. The molecule has 1 aliphatic heterocycles. The summed E-state index contributed by atoms with van der Waals surface area (Å²) >= 11 is 0. The molecule has 0 spiro atoms. The van der Waals surface area contributed by atoms with E-state index in [4.69, 9.17) is 4.74 Å². The van der Waals surface area contributed by atoms with Crippen LogP contribution in [0.1, 0.15) is 93.2 Å². The molecular formula is C27H37NO2. The van der Waals surface area contributed by atoms with Gasteiger partial charge in [0.15, 0.2) is 0 Å². The van der Waals surface area contributed by atoms with E-state index in [2.05, 4.69) is 91.9 Å². The van der Waals surface area contributed by atoms with Gasteiger partial charge in [-0.05, 0) is 66.8 Å². The van der Waals surface area contributed by atoms with Crippen molar-refractivity contribution < 1.29 is 9.53 Å². The van der Waals surface area contributed by atoms with E-state index >= 15 is 0 Å². The zero-order valence-electron chi connectivity index (χ0n) is 20.1. The number of fused-ring (bicyclic) bond motifs is 1. The number of carbonyl (C=O) groups excluding carboxylic acids is 1. The van der Waals surface area contributed by atoms with Crippen LogP contribution in [0.5, 0.6) is 5.75 Å². The quantitative estimate of drug-likeness (QED) is 0.591. The second-order valence-corrected chi connectivity index (χ2v) is 10.4. The highest BCUT2D eigenvalue weighted by Crippen LogP contribution is 2.49. The summed E-state index contributed by atoms with van der Waals surface area (Å²) in [5.74, 6) is 1.74. The second kappa shape index (κ2) is 8.09. The third-order valence-electron chi connectivity index (χ3n) is 6.30. The summed E-state index contributed by atoms with van der Waals surface area (Å²) in [4.78, 5) is 12.7. The Kier molecular flexibility index (Phi) is 6.04. The first-order valence-corrected chi connectivity index (χ1v) is 11.1. The highest BCUT2D eigenvalue weighted by Gasteiger charge is 2.37. The lowest BCUT2D eigenvalue weighted by Gasteiger charge is -2.22. The molecule has 2 aromatic carbocycles. The first-order chi connectivity index (χ1) is 13.9. The van der Waals surface area contributed by atoms with E-state index in [1.165, 1.54) is 16.7 Å². The van der Waals surface area contributed by atoms with Crippen LogP contribution >= 0.6 is 0 Å². The molecule has 0 radical (unpaired) electrons. The van der Waals surface area contributed by atoms with E-state index in [9.17, 15) is 4.79 Å². The van der Waals surface area contributed by atoms with Crippen molar-refractivity contribution in [3.05, 3.63) is 57.6 Å². The Bertz CT molecular complexity index is 949. The van der Waals surface area contributed by atoms with E-state index in [-0.39, 0.29) is 23.3 Å². The van der Waals surface area contributed by atoms with Crippen molar-refractivity contribution in [1.29, 1.82) is 0 Å². The Hall–Kier alpha value is -2.29. The van der Waals surface area contributed by atoms with Gasteiger partial charge in [0.05, 0.1) is 0 Å². The molecule has 3 rings (SSSR count). The number of anilines is 1. The second-order valence-electron chi connectivity index (χ2n) is 10.4. The molecule has 3 nitrogen and oxygen atoms in total. The van der Waals surface area contributed by atoms with E-state index < -0.39 is 0 Å². The molecule has 1 amide bonds. The molecule has 162 valence electrons. The maximum Gasteiger partial charge on any atom is 0.224 e. The predicted octanol–water partition coefficient (Wildman–Crippen LogP) is 7.02. The maximum atomic E-state index is 12.7. The zero-order valence-corrected chi connectivity index (χ0v) is 20.1. The Morgan fingerprint density at radius 1 is 1.03 bits per heavy atom. The molecule has 0 fully saturated rings. The molecule has 0 bridgehead atoms. The molecule has 1 N–H and O–H groups in total. The molecule has 2 atom stereocenters. The number of amides is 1. The lowest BCUT2D eigenvalue weighted by atomic mass is 9.83. The Morgan fingerprint density at radius 3 is 2.17 bits per heavy atom. The van der Waals surface area contributed by atoms with Crippen LogP contribution in [0.3, 0.4) is 0 Å². The summed E-state index contributed by atoms with van der Waals surface area (Å²) in [6.07, 6.45) is 0.553. The number of hydrogen-bond acceptors (Lipinski definition) is 2. The van der Waals surface area contributed by atoms with Crippen LogP contribution in [-0.2, 0) is 4.79 Å². The van der Waals surface area contributed by atoms with Gasteiger partial charge in [-0.15, -0.1) is 0 Å². The van der Waals surface area contributed by atoms with Gasteiger partial charge < -0.3 is 10.1 Å². The van der Waals surface area contributed by atoms with Crippen molar-refractivity contribution >= 4 is 11.6 Å². The van der Waals surface area contributed by atoms with Crippen molar-refractivity contribution in [3.8, 4) is 5.75 Å². The van der Waals surface area contributed by atoms with Crippen LogP contribution in [0, 0.1) is 26.2 Å². The molecular weight excluding hydrogens is 370 g/mol. The number of benzene rings is 2. The fraction of sp³-hybridized carbons (Fsp3) is 0.519. The average molecular weight is 408 g/mol. The molecule has 2 aromatic rings. The summed E-state index contributed by atoms with van der Waals surface area (Å²) in [6, 6.07) is 8.93. The smallest absolute Gasteiger partial charge is 0.224 e.